The van der Waals surface area contributed by atoms with E-state index in [1.165, 1.54) is 28.8 Å². The number of hydrogen-bond acceptors (Lipinski definition) is 6. The lowest BCUT2D eigenvalue weighted by atomic mass is 10.2. The third-order valence-corrected chi connectivity index (χ3v) is 5.13. The van der Waals surface area contributed by atoms with Crippen LogP contribution in [0.4, 0.5) is 5.69 Å². The van der Waals surface area contributed by atoms with Crippen LogP contribution in [0.5, 0.6) is 0 Å². The van der Waals surface area contributed by atoms with Crippen molar-refractivity contribution in [2.24, 2.45) is 0 Å². The number of nitro benzene ring substituents is 1. The first kappa shape index (κ1) is 18.8. The molecule has 28 heavy (non-hydrogen) atoms. The summed E-state index contributed by atoms with van der Waals surface area (Å²) in [4.78, 5) is 23.8. The molecule has 0 saturated heterocycles. The lowest BCUT2D eigenvalue weighted by Gasteiger charge is -2.05. The molecule has 2 aromatic carbocycles. The molecule has 0 radical (unpaired) electrons. The van der Waals surface area contributed by atoms with Gasteiger partial charge in [0.15, 0.2) is 5.57 Å². The summed E-state index contributed by atoms with van der Waals surface area (Å²) in [5, 5.41) is 29.9. The van der Waals surface area contributed by atoms with Crippen molar-refractivity contribution in [3.8, 4) is 17.8 Å². The molecule has 1 heterocycles. The van der Waals surface area contributed by atoms with Gasteiger partial charge in [-0.2, -0.15) is 10.5 Å². The van der Waals surface area contributed by atoms with Crippen LogP contribution in [0.25, 0.3) is 17.3 Å². The molecule has 7 nitrogen and oxygen atoms in total. The highest BCUT2D eigenvalue weighted by atomic mass is 32.1. The van der Waals surface area contributed by atoms with Gasteiger partial charge < -0.3 is 0 Å². The number of aromatic nitrogens is 1. The van der Waals surface area contributed by atoms with E-state index in [2.05, 4.69) is 0 Å². The van der Waals surface area contributed by atoms with Gasteiger partial charge in [0.1, 0.15) is 16.8 Å². The fraction of sp³-hybridized carbons (Fsp3) is 0.0500. The minimum Gasteiger partial charge on any atom is -0.267 e. The van der Waals surface area contributed by atoms with E-state index >= 15 is 0 Å². The molecule has 0 saturated carbocycles. The maximum absolute atomic E-state index is 13.1. The molecular formula is C20H12N4O3S. The van der Waals surface area contributed by atoms with Crippen LogP contribution >= 0.6 is 11.3 Å². The van der Waals surface area contributed by atoms with Gasteiger partial charge in [0.2, 0.25) is 0 Å². The van der Waals surface area contributed by atoms with Crippen molar-refractivity contribution in [1.29, 1.82) is 10.5 Å². The first-order chi connectivity index (χ1) is 13.5. The Kier molecular flexibility index (Phi) is 5.16. The number of hydrogen-bond donors (Lipinski definition) is 0. The van der Waals surface area contributed by atoms with Crippen LogP contribution in [0, 0.1) is 39.7 Å². The molecule has 3 rings (SSSR count). The second kappa shape index (κ2) is 7.70. The smallest absolute Gasteiger partial charge is 0.267 e. The van der Waals surface area contributed by atoms with Crippen molar-refractivity contribution in [2.75, 3.05) is 0 Å². The van der Waals surface area contributed by atoms with E-state index in [0.29, 0.717) is 5.69 Å². The van der Waals surface area contributed by atoms with Crippen LogP contribution < -0.4 is 14.8 Å². The summed E-state index contributed by atoms with van der Waals surface area (Å²) in [6, 6.07) is 16.8. The molecule has 8 heteroatoms. The van der Waals surface area contributed by atoms with Crippen molar-refractivity contribution in [3.63, 3.8) is 0 Å². The Morgan fingerprint density at radius 3 is 2.43 bits per heavy atom. The number of benzene rings is 2. The van der Waals surface area contributed by atoms with E-state index in [-0.39, 0.29) is 26.0 Å². The number of nitriles is 2. The number of rotatable bonds is 3. The second-order valence-electron chi connectivity index (χ2n) is 5.76. The summed E-state index contributed by atoms with van der Waals surface area (Å²) in [5.74, 6) is 0. The largest absolute Gasteiger partial charge is 0.276 e. The summed E-state index contributed by atoms with van der Waals surface area (Å²) in [6.07, 6.45) is 1.41. The maximum atomic E-state index is 13.1. The molecule has 3 aromatic rings. The number of aryl methyl sites for hydroxylation is 1. The van der Waals surface area contributed by atoms with Gasteiger partial charge in [-0.15, -0.1) is 11.3 Å². The molecule has 0 spiro atoms. The summed E-state index contributed by atoms with van der Waals surface area (Å²) in [5.41, 5.74) is 0.817. The van der Waals surface area contributed by atoms with Crippen molar-refractivity contribution in [2.45, 2.75) is 6.92 Å². The Hall–Kier alpha value is -4.01. The van der Waals surface area contributed by atoms with Gasteiger partial charge in [0.05, 0.1) is 20.7 Å². The molecule has 0 aliphatic carbocycles. The Labute approximate surface area is 163 Å². The van der Waals surface area contributed by atoms with E-state index in [1.807, 2.05) is 31.2 Å². The zero-order chi connectivity index (χ0) is 20.3. The zero-order valence-electron chi connectivity index (χ0n) is 14.6. The van der Waals surface area contributed by atoms with Crippen LogP contribution in [-0.2, 0) is 0 Å². The predicted molar refractivity (Wildman–Crippen MR) is 105 cm³/mol. The van der Waals surface area contributed by atoms with E-state index in [9.17, 15) is 25.4 Å². The minimum absolute atomic E-state index is 0.135. The van der Waals surface area contributed by atoms with Crippen molar-refractivity contribution in [3.05, 3.63) is 89.3 Å². The summed E-state index contributed by atoms with van der Waals surface area (Å²) < 4.78 is 1.69. The van der Waals surface area contributed by atoms with Crippen LogP contribution in [0.1, 0.15) is 11.1 Å². The predicted octanol–water partition coefficient (Wildman–Crippen LogP) is 2.14. The fourth-order valence-corrected chi connectivity index (χ4v) is 3.76. The van der Waals surface area contributed by atoms with Crippen molar-refractivity contribution < 1.29 is 4.92 Å². The summed E-state index contributed by atoms with van der Waals surface area (Å²) in [7, 11) is 0. The van der Waals surface area contributed by atoms with Gasteiger partial charge in [-0.05, 0) is 30.7 Å². The van der Waals surface area contributed by atoms with E-state index in [1.54, 1.807) is 18.2 Å². The Morgan fingerprint density at radius 2 is 1.79 bits per heavy atom. The summed E-state index contributed by atoms with van der Waals surface area (Å²) >= 11 is 0.952. The highest BCUT2D eigenvalue weighted by molar-refractivity contribution is 7.07. The number of nitrogens with zero attached hydrogens (tertiary/aromatic N) is 4. The number of nitro groups is 1. The molecular weight excluding hydrogens is 376 g/mol. The molecule has 0 amide bonds. The number of para-hydroxylation sites is 2. The Balaban J connectivity index is 2.45. The van der Waals surface area contributed by atoms with Gasteiger partial charge >= 0.3 is 0 Å². The highest BCUT2D eigenvalue weighted by Crippen LogP contribution is 2.18. The average molecular weight is 388 g/mol. The fourth-order valence-electron chi connectivity index (χ4n) is 2.72. The number of thiazole rings is 1. The highest BCUT2D eigenvalue weighted by Gasteiger charge is 2.15. The van der Waals surface area contributed by atoms with Crippen LogP contribution in [0.15, 0.2) is 53.3 Å². The molecule has 1 aromatic heterocycles. The lowest BCUT2D eigenvalue weighted by molar-refractivity contribution is -0.385. The molecule has 0 N–H and O–H groups in total. The van der Waals surface area contributed by atoms with Gasteiger partial charge in [-0.25, -0.2) is 0 Å². The SMILES string of the molecule is Cc1ccccc1-n1c(=C(C#N)C#N)s/c(=C/c2ccccc2[N+](=O)[O-])c1=O. The van der Waals surface area contributed by atoms with Crippen molar-refractivity contribution >= 4 is 28.7 Å². The first-order valence-corrected chi connectivity index (χ1v) is 8.87. The molecule has 0 bridgehead atoms. The third kappa shape index (κ3) is 3.32. The monoisotopic (exact) mass is 388 g/mol. The maximum Gasteiger partial charge on any atom is 0.276 e. The van der Waals surface area contributed by atoms with Crippen LogP contribution in [0.2, 0.25) is 0 Å². The van der Waals surface area contributed by atoms with Crippen molar-refractivity contribution in [1.82, 2.24) is 4.57 Å². The van der Waals surface area contributed by atoms with E-state index in [4.69, 9.17) is 0 Å². The molecule has 0 aliphatic rings. The van der Waals surface area contributed by atoms with Crippen LogP contribution in [0.3, 0.4) is 0 Å². The van der Waals surface area contributed by atoms with Gasteiger partial charge in [-0.3, -0.25) is 19.5 Å². The topological polar surface area (TPSA) is 113 Å². The van der Waals surface area contributed by atoms with Gasteiger partial charge in [0, 0.05) is 6.07 Å². The van der Waals surface area contributed by atoms with Gasteiger partial charge in [0.25, 0.3) is 11.2 Å². The molecule has 0 fully saturated rings. The second-order valence-corrected chi connectivity index (χ2v) is 6.79. The summed E-state index contributed by atoms with van der Waals surface area (Å²) in [6.45, 7) is 1.81. The third-order valence-electron chi connectivity index (χ3n) is 4.04. The first-order valence-electron chi connectivity index (χ1n) is 8.05. The lowest BCUT2D eigenvalue weighted by Crippen LogP contribution is -2.31. The Bertz CT molecular complexity index is 1340. The normalized spacial score (nSPS) is 10.9. The zero-order valence-corrected chi connectivity index (χ0v) is 15.4. The molecule has 0 atom stereocenters. The standard InChI is InChI=1S/C20H12N4O3S/c1-13-6-2-4-8-16(13)23-19(25)18(28-20(23)15(11-21)12-22)10-14-7-3-5-9-17(14)24(26)27/h2-10H,1H3/b18-10+. The van der Waals surface area contributed by atoms with E-state index in [0.717, 1.165) is 16.9 Å². The molecule has 136 valence electrons. The quantitative estimate of drug-likeness (QED) is 0.504. The van der Waals surface area contributed by atoms with E-state index < -0.39 is 10.5 Å². The molecule has 0 unspecified atom stereocenters. The Morgan fingerprint density at radius 1 is 1.14 bits per heavy atom. The minimum atomic E-state index is -0.525. The average Bonchev–Trinajstić information content (AvgIpc) is 2.99. The van der Waals surface area contributed by atoms with Gasteiger partial charge in [-0.1, -0.05) is 30.3 Å². The molecule has 0 aliphatic heterocycles. The van der Waals surface area contributed by atoms with Crippen LogP contribution in [-0.4, -0.2) is 9.49 Å².